The van der Waals surface area contributed by atoms with Crippen LogP contribution in [0.25, 0.3) is 16.9 Å². The lowest BCUT2D eigenvalue weighted by Gasteiger charge is -2.44. The van der Waals surface area contributed by atoms with Crippen molar-refractivity contribution >= 4 is 40.9 Å². The first-order chi connectivity index (χ1) is 18.7. The fraction of sp³-hybridized carbons (Fsp3) is 0.333. The molecular formula is C27H31N8O3P. The summed E-state index contributed by atoms with van der Waals surface area (Å²) in [5.41, 5.74) is 2.47. The van der Waals surface area contributed by atoms with E-state index >= 15 is 0 Å². The molecule has 0 amide bonds. The van der Waals surface area contributed by atoms with Crippen LogP contribution < -0.4 is 25.9 Å². The summed E-state index contributed by atoms with van der Waals surface area (Å²) < 4.78 is 21.9. The first-order valence-electron chi connectivity index (χ1n) is 12.8. The van der Waals surface area contributed by atoms with Gasteiger partial charge in [0.15, 0.2) is 11.5 Å². The summed E-state index contributed by atoms with van der Waals surface area (Å²) in [6.07, 6.45) is 3.16. The van der Waals surface area contributed by atoms with E-state index in [4.69, 9.17) is 9.72 Å². The molecule has 11 nitrogen and oxygen atoms in total. The van der Waals surface area contributed by atoms with E-state index in [2.05, 4.69) is 44.8 Å². The summed E-state index contributed by atoms with van der Waals surface area (Å²) in [7, 11) is -0.489. The van der Waals surface area contributed by atoms with E-state index in [-0.39, 0.29) is 12.1 Å². The predicted molar refractivity (Wildman–Crippen MR) is 154 cm³/mol. The highest BCUT2D eigenvalue weighted by Crippen LogP contribution is 2.38. The summed E-state index contributed by atoms with van der Waals surface area (Å²) in [6.45, 7) is 10.9. The van der Waals surface area contributed by atoms with Gasteiger partial charge in [-0.2, -0.15) is 4.98 Å². The molecule has 202 valence electrons. The molecule has 0 saturated carbocycles. The molecule has 6 rings (SSSR count). The van der Waals surface area contributed by atoms with Gasteiger partial charge < -0.3 is 24.4 Å². The molecule has 2 aliphatic heterocycles. The van der Waals surface area contributed by atoms with Crippen molar-refractivity contribution in [1.82, 2.24) is 29.2 Å². The number of ether oxygens (including phenoxy) is 1. The van der Waals surface area contributed by atoms with Gasteiger partial charge in [-0.1, -0.05) is 12.1 Å². The Kier molecular flexibility index (Phi) is 6.28. The average molecular weight is 547 g/mol. The van der Waals surface area contributed by atoms with Crippen LogP contribution in [0.4, 0.5) is 17.3 Å². The van der Waals surface area contributed by atoms with E-state index < -0.39 is 7.14 Å². The molecule has 39 heavy (non-hydrogen) atoms. The van der Waals surface area contributed by atoms with Crippen LogP contribution >= 0.6 is 7.14 Å². The third-order valence-corrected chi connectivity index (χ3v) is 8.46. The van der Waals surface area contributed by atoms with Crippen molar-refractivity contribution in [1.29, 1.82) is 0 Å². The van der Waals surface area contributed by atoms with E-state index in [1.165, 1.54) is 10.9 Å². The van der Waals surface area contributed by atoms with E-state index in [9.17, 15) is 9.36 Å². The Morgan fingerprint density at radius 1 is 1.21 bits per heavy atom. The predicted octanol–water partition coefficient (Wildman–Crippen LogP) is 2.67. The Labute approximate surface area is 226 Å². The molecule has 1 fully saturated rings. The number of allylic oxidation sites excluding steroid dienone is 1. The number of likely N-dealkylation sites (N-methyl/N-ethyl adjacent to an activating group) is 1. The fourth-order valence-corrected chi connectivity index (χ4v) is 5.95. The van der Waals surface area contributed by atoms with Crippen molar-refractivity contribution in [2.24, 2.45) is 0 Å². The van der Waals surface area contributed by atoms with Gasteiger partial charge in [-0.25, -0.2) is 19.3 Å². The number of anilines is 3. The van der Waals surface area contributed by atoms with Crippen molar-refractivity contribution in [2.45, 2.75) is 12.6 Å². The number of nitrogens with zero attached hydrogens (tertiary/aromatic N) is 7. The minimum Gasteiger partial charge on any atom is -0.489 e. The van der Waals surface area contributed by atoms with Gasteiger partial charge in [0.05, 0.1) is 18.3 Å². The summed E-state index contributed by atoms with van der Waals surface area (Å²) >= 11 is 0. The molecule has 1 N–H and O–H groups in total. The zero-order valence-electron chi connectivity index (χ0n) is 22.2. The molecule has 0 aliphatic carbocycles. The molecule has 1 saturated heterocycles. The largest absolute Gasteiger partial charge is 0.489 e. The molecule has 0 spiro atoms. The van der Waals surface area contributed by atoms with Gasteiger partial charge >= 0.3 is 0 Å². The van der Waals surface area contributed by atoms with Crippen LogP contribution in [0.15, 0.2) is 60.0 Å². The molecule has 0 radical (unpaired) electrons. The zero-order valence-corrected chi connectivity index (χ0v) is 23.1. The summed E-state index contributed by atoms with van der Waals surface area (Å²) in [6, 6.07) is 11.5. The Balaban J connectivity index is 1.40. The second-order valence-electron chi connectivity index (χ2n) is 10.4. The van der Waals surface area contributed by atoms with E-state index in [0.29, 0.717) is 40.9 Å². The van der Waals surface area contributed by atoms with Crippen LogP contribution in [0.5, 0.6) is 5.75 Å². The van der Waals surface area contributed by atoms with Crippen LogP contribution in [0, 0.1) is 0 Å². The maximum Gasteiger partial charge on any atom is 0.278 e. The lowest BCUT2D eigenvalue weighted by atomic mass is 10.1. The Bertz CT molecular complexity index is 1690. The summed E-state index contributed by atoms with van der Waals surface area (Å²) in [4.78, 5) is 31.8. The summed E-state index contributed by atoms with van der Waals surface area (Å²) in [5.74, 6) is 1.65. The van der Waals surface area contributed by atoms with Crippen molar-refractivity contribution in [3.63, 3.8) is 0 Å². The normalized spacial score (nSPS) is 17.4. The van der Waals surface area contributed by atoms with Crippen LogP contribution in [-0.4, -0.2) is 81.9 Å². The average Bonchev–Trinajstić information content (AvgIpc) is 3.18. The molecule has 5 heterocycles. The van der Waals surface area contributed by atoms with Crippen molar-refractivity contribution in [2.75, 3.05) is 56.8 Å². The lowest BCUT2D eigenvalue weighted by Crippen LogP contribution is -2.56. The number of pyridine rings is 1. The number of aromatic nitrogens is 5. The summed E-state index contributed by atoms with van der Waals surface area (Å²) in [5, 5.41) is 3.65. The second-order valence-corrected chi connectivity index (χ2v) is 13.5. The van der Waals surface area contributed by atoms with Crippen molar-refractivity contribution < 1.29 is 9.30 Å². The van der Waals surface area contributed by atoms with Gasteiger partial charge in [0.1, 0.15) is 30.3 Å². The molecule has 2 aliphatic rings. The maximum atomic E-state index is 13.3. The number of nitrogens with one attached hydrogen (secondary N) is 1. The number of benzene rings is 1. The van der Waals surface area contributed by atoms with Crippen molar-refractivity contribution in [3.05, 3.63) is 65.6 Å². The van der Waals surface area contributed by atoms with Gasteiger partial charge in [0.2, 0.25) is 5.95 Å². The SMILES string of the molecule is C=CCn1c(=O)c2cnc(Nc3ccc4c(c3)N3CCN(C)C[C@H]3CO4)nc2n1-c1cccc(P(C)(C)=O)n1. The van der Waals surface area contributed by atoms with E-state index in [1.54, 1.807) is 42.3 Å². The van der Waals surface area contributed by atoms with E-state index in [1.807, 2.05) is 12.1 Å². The third kappa shape index (κ3) is 4.62. The highest BCUT2D eigenvalue weighted by molar-refractivity contribution is 7.69. The van der Waals surface area contributed by atoms with Gasteiger partial charge in [0, 0.05) is 31.5 Å². The van der Waals surface area contributed by atoms with Gasteiger partial charge in [-0.15, -0.1) is 6.58 Å². The third-order valence-electron chi connectivity index (χ3n) is 7.11. The number of rotatable bonds is 6. The number of fused-ring (bicyclic) bond motifs is 4. The maximum absolute atomic E-state index is 13.3. The number of piperazine rings is 1. The minimum atomic E-state index is -2.62. The first kappa shape index (κ1) is 25.3. The number of hydrogen-bond acceptors (Lipinski definition) is 9. The monoisotopic (exact) mass is 546 g/mol. The van der Waals surface area contributed by atoms with Gasteiger partial charge in [-0.05, 0) is 50.7 Å². The molecule has 1 atom stereocenters. The smallest absolute Gasteiger partial charge is 0.278 e. The quantitative estimate of drug-likeness (QED) is 0.288. The number of hydrogen-bond donors (Lipinski definition) is 1. The fourth-order valence-electron chi connectivity index (χ4n) is 5.17. The second kappa shape index (κ2) is 9.66. The minimum absolute atomic E-state index is 0.247. The van der Waals surface area contributed by atoms with Crippen LogP contribution in [-0.2, 0) is 11.1 Å². The molecule has 1 aromatic carbocycles. The highest BCUT2D eigenvalue weighted by Gasteiger charge is 2.32. The molecular weight excluding hydrogens is 515 g/mol. The standard InChI is InChI=1S/C27H31N8O3P/c1-5-11-34-26(36)20-15-28-27(31-25(20)35(34)23-7-6-8-24(30-23)39(3,4)37)29-18-9-10-22-21(14-18)33-13-12-32(2)16-19(33)17-38-22/h5-10,14-15,19H,1,11-13,16-17H2,2-4H3,(H,28,29,31)/t19-/m0/s1. The molecule has 0 bridgehead atoms. The molecule has 12 heteroatoms. The van der Waals surface area contributed by atoms with Crippen LogP contribution in [0.1, 0.15) is 0 Å². The lowest BCUT2D eigenvalue weighted by molar-refractivity contribution is 0.188. The molecule has 0 unspecified atom stereocenters. The van der Waals surface area contributed by atoms with Crippen molar-refractivity contribution in [3.8, 4) is 11.6 Å². The Morgan fingerprint density at radius 2 is 2.05 bits per heavy atom. The topological polar surface area (TPSA) is 110 Å². The molecule has 3 aromatic heterocycles. The van der Waals surface area contributed by atoms with Crippen LogP contribution in [0.3, 0.4) is 0 Å². The van der Waals surface area contributed by atoms with Gasteiger partial charge in [-0.3, -0.25) is 4.79 Å². The Hall–Kier alpha value is -3.95. The Morgan fingerprint density at radius 3 is 2.85 bits per heavy atom. The van der Waals surface area contributed by atoms with Crippen LogP contribution in [0.2, 0.25) is 0 Å². The first-order valence-corrected chi connectivity index (χ1v) is 15.4. The zero-order chi connectivity index (χ0) is 27.3. The highest BCUT2D eigenvalue weighted by atomic mass is 31.2. The molecule has 4 aromatic rings. The van der Waals surface area contributed by atoms with Gasteiger partial charge in [0.25, 0.3) is 5.56 Å². The van der Waals surface area contributed by atoms with E-state index in [0.717, 1.165) is 36.8 Å².